The van der Waals surface area contributed by atoms with Crippen LogP contribution in [0, 0.1) is 11.8 Å². The van der Waals surface area contributed by atoms with Crippen LogP contribution in [0.25, 0.3) is 0 Å². The first-order valence-corrected chi connectivity index (χ1v) is 11.5. The Morgan fingerprint density at radius 3 is 2.46 bits per heavy atom. The predicted octanol–water partition coefficient (Wildman–Crippen LogP) is 5.01. The lowest BCUT2D eigenvalue weighted by Crippen LogP contribution is -2.46. The van der Waals surface area contributed by atoms with Crippen molar-refractivity contribution in [3.05, 3.63) is 23.8 Å². The number of fused-ring (bicyclic) bond motifs is 1. The molecule has 0 radical (unpaired) electrons. The lowest BCUT2D eigenvalue weighted by Gasteiger charge is -2.38. The number of halogens is 1. The normalized spacial score (nSPS) is 21.9. The van der Waals surface area contributed by atoms with E-state index >= 15 is 0 Å². The molecule has 1 heterocycles. The summed E-state index contributed by atoms with van der Waals surface area (Å²) in [6.07, 6.45) is 8.78. The fourth-order valence-electron chi connectivity index (χ4n) is 4.34. The zero-order valence-electron chi connectivity index (χ0n) is 17.0. The van der Waals surface area contributed by atoms with Gasteiger partial charge in [-0.15, -0.1) is 0 Å². The molecule has 0 bridgehead atoms. The minimum absolute atomic E-state index is 0.0666. The van der Waals surface area contributed by atoms with E-state index in [9.17, 15) is 4.79 Å². The molecule has 0 spiro atoms. The van der Waals surface area contributed by atoms with Crippen LogP contribution in [-0.4, -0.2) is 42.7 Å². The minimum Gasteiger partial charge on any atom is -0.493 e. The molecule has 1 aliphatic heterocycles. The molecule has 6 heteroatoms. The molecular formula is C22H31BrN2O3. The first-order chi connectivity index (χ1) is 13.7. The molecule has 0 N–H and O–H groups in total. The highest BCUT2D eigenvalue weighted by molar-refractivity contribution is 9.09. The maximum atomic E-state index is 13.0. The summed E-state index contributed by atoms with van der Waals surface area (Å²) in [6, 6.07) is 5.96. The molecule has 1 aromatic carbocycles. The number of hydrogen-bond acceptors (Lipinski definition) is 4. The van der Waals surface area contributed by atoms with Gasteiger partial charge in [0.25, 0.3) is 0 Å². The molecule has 1 fully saturated rings. The van der Waals surface area contributed by atoms with Crippen LogP contribution in [0.15, 0.2) is 23.3 Å². The zero-order chi connectivity index (χ0) is 19.9. The molecule has 5 nitrogen and oxygen atoms in total. The maximum absolute atomic E-state index is 13.0. The van der Waals surface area contributed by atoms with Crippen molar-refractivity contribution >= 4 is 27.5 Å². The van der Waals surface area contributed by atoms with E-state index in [1.807, 2.05) is 18.2 Å². The Hall–Kier alpha value is -1.56. The molecule has 154 valence electrons. The van der Waals surface area contributed by atoms with Gasteiger partial charge in [0.1, 0.15) is 0 Å². The highest BCUT2D eigenvalue weighted by Crippen LogP contribution is 2.39. The number of unbranched alkanes of at least 4 members (excludes halogenated alkanes) is 3. The second kappa shape index (κ2) is 10.3. The van der Waals surface area contributed by atoms with Crippen molar-refractivity contribution in [1.29, 1.82) is 0 Å². The number of methoxy groups -OCH3 is 2. The quantitative estimate of drug-likeness (QED) is 0.392. The molecule has 28 heavy (non-hydrogen) atoms. The first kappa shape index (κ1) is 21.2. The van der Waals surface area contributed by atoms with E-state index in [-0.39, 0.29) is 17.7 Å². The van der Waals surface area contributed by atoms with Crippen LogP contribution >= 0.6 is 15.9 Å². The molecule has 2 aliphatic rings. The van der Waals surface area contributed by atoms with Crippen molar-refractivity contribution in [3.63, 3.8) is 0 Å². The van der Waals surface area contributed by atoms with Crippen molar-refractivity contribution < 1.29 is 14.3 Å². The van der Waals surface area contributed by atoms with Crippen LogP contribution in [-0.2, 0) is 4.79 Å². The summed E-state index contributed by atoms with van der Waals surface area (Å²) >= 11 is 3.48. The fraction of sp³-hybridized carbons (Fsp3) is 0.636. The average Bonchev–Trinajstić information content (AvgIpc) is 2.74. The Labute approximate surface area is 176 Å². The number of hydrogen-bond donors (Lipinski definition) is 0. The third-order valence-electron chi connectivity index (χ3n) is 5.85. The molecule has 1 aromatic rings. The Kier molecular flexibility index (Phi) is 7.77. The van der Waals surface area contributed by atoms with Gasteiger partial charge >= 0.3 is 0 Å². The van der Waals surface area contributed by atoms with Gasteiger partial charge in [0.05, 0.1) is 19.9 Å². The van der Waals surface area contributed by atoms with E-state index in [4.69, 9.17) is 14.6 Å². The van der Waals surface area contributed by atoms with Gasteiger partial charge in [-0.25, -0.2) is 5.01 Å². The maximum Gasteiger partial charge on any atom is 0.246 e. The first-order valence-electron chi connectivity index (χ1n) is 10.4. The highest BCUT2D eigenvalue weighted by Gasteiger charge is 2.41. The number of carbonyl (C=O) groups excluding carboxylic acids is 1. The highest BCUT2D eigenvalue weighted by atomic mass is 79.9. The summed E-state index contributed by atoms with van der Waals surface area (Å²) in [7, 11) is 3.29. The second-order valence-corrected chi connectivity index (χ2v) is 8.41. The van der Waals surface area contributed by atoms with Crippen LogP contribution < -0.4 is 9.47 Å². The van der Waals surface area contributed by atoms with Crippen molar-refractivity contribution in [2.24, 2.45) is 16.9 Å². The molecule has 1 saturated carbocycles. The minimum atomic E-state index is 0.0666. The van der Waals surface area contributed by atoms with E-state index < -0.39 is 0 Å². The largest absolute Gasteiger partial charge is 0.493 e. The predicted molar refractivity (Wildman–Crippen MR) is 116 cm³/mol. The Balaban J connectivity index is 1.85. The molecule has 0 saturated heterocycles. The summed E-state index contributed by atoms with van der Waals surface area (Å²) in [5.41, 5.74) is 2.07. The van der Waals surface area contributed by atoms with Gasteiger partial charge < -0.3 is 9.47 Å². The lowest BCUT2D eigenvalue weighted by molar-refractivity contribution is -0.139. The van der Waals surface area contributed by atoms with Gasteiger partial charge in [0, 0.05) is 29.3 Å². The number of carbonyl (C=O) groups is 1. The summed E-state index contributed by atoms with van der Waals surface area (Å²) in [6.45, 7) is 0.709. The van der Waals surface area contributed by atoms with Gasteiger partial charge in [-0.2, -0.15) is 5.10 Å². The van der Waals surface area contributed by atoms with Crippen LogP contribution in [0.4, 0.5) is 0 Å². The van der Waals surface area contributed by atoms with Gasteiger partial charge in [0.15, 0.2) is 11.5 Å². The summed E-state index contributed by atoms with van der Waals surface area (Å²) < 4.78 is 10.9. The van der Waals surface area contributed by atoms with E-state index in [2.05, 4.69) is 15.9 Å². The SMILES string of the molecule is COc1ccc(C2=NN(CCCCCCBr)C(=O)[C@@H]3CCCC[C@H]23)cc1OC. The fourth-order valence-corrected chi connectivity index (χ4v) is 4.73. The standard InChI is InChI=1S/C22H31BrN2O3/c1-27-19-12-11-16(15-20(19)28-2)21-17-9-5-6-10-18(17)22(26)25(24-21)14-8-4-3-7-13-23/h11-12,15,17-18H,3-10,13-14H2,1-2H3/t17-,18+/m0/s1. The molecule has 2 atom stereocenters. The van der Waals surface area contributed by atoms with Crippen molar-refractivity contribution in [2.45, 2.75) is 51.4 Å². The number of ether oxygens (including phenoxy) is 2. The number of alkyl halides is 1. The Morgan fingerprint density at radius 2 is 1.75 bits per heavy atom. The number of benzene rings is 1. The van der Waals surface area contributed by atoms with Gasteiger partial charge in [-0.1, -0.05) is 41.6 Å². The monoisotopic (exact) mass is 450 g/mol. The number of rotatable bonds is 9. The van der Waals surface area contributed by atoms with Crippen LogP contribution in [0.5, 0.6) is 11.5 Å². The third kappa shape index (κ3) is 4.70. The Morgan fingerprint density at radius 1 is 1.04 bits per heavy atom. The number of nitrogens with zero attached hydrogens (tertiary/aromatic N) is 2. The average molecular weight is 451 g/mol. The molecule has 1 aliphatic carbocycles. The topological polar surface area (TPSA) is 51.1 Å². The van der Waals surface area contributed by atoms with E-state index in [0.717, 1.165) is 55.1 Å². The smallest absolute Gasteiger partial charge is 0.246 e. The van der Waals surface area contributed by atoms with Crippen molar-refractivity contribution in [2.75, 3.05) is 26.1 Å². The number of hydrazone groups is 1. The van der Waals surface area contributed by atoms with Crippen molar-refractivity contribution in [1.82, 2.24) is 5.01 Å². The molecule has 1 amide bonds. The van der Waals surface area contributed by atoms with E-state index in [0.29, 0.717) is 18.0 Å². The van der Waals surface area contributed by atoms with E-state index in [1.165, 1.54) is 12.8 Å². The Bertz CT molecular complexity index is 707. The summed E-state index contributed by atoms with van der Waals surface area (Å²) in [5.74, 6) is 1.91. The molecule has 0 unspecified atom stereocenters. The van der Waals surface area contributed by atoms with Crippen LogP contribution in [0.3, 0.4) is 0 Å². The van der Waals surface area contributed by atoms with Crippen LogP contribution in [0.1, 0.15) is 56.9 Å². The van der Waals surface area contributed by atoms with E-state index in [1.54, 1.807) is 19.2 Å². The number of amides is 1. The summed E-state index contributed by atoms with van der Waals surface area (Å²) in [4.78, 5) is 13.0. The molecule has 0 aromatic heterocycles. The van der Waals surface area contributed by atoms with Crippen LogP contribution in [0.2, 0.25) is 0 Å². The van der Waals surface area contributed by atoms with Crippen molar-refractivity contribution in [3.8, 4) is 11.5 Å². The summed E-state index contributed by atoms with van der Waals surface area (Å²) in [5, 5.41) is 7.65. The molecule has 3 rings (SSSR count). The van der Waals surface area contributed by atoms with Gasteiger partial charge in [-0.3, -0.25) is 4.79 Å². The zero-order valence-corrected chi connectivity index (χ0v) is 18.5. The van der Waals surface area contributed by atoms with Gasteiger partial charge in [-0.05, 0) is 43.9 Å². The second-order valence-electron chi connectivity index (χ2n) is 7.62. The third-order valence-corrected chi connectivity index (χ3v) is 6.41. The molecular weight excluding hydrogens is 420 g/mol. The van der Waals surface area contributed by atoms with Gasteiger partial charge in [0.2, 0.25) is 5.91 Å². The lowest BCUT2D eigenvalue weighted by atomic mass is 9.73.